The summed E-state index contributed by atoms with van der Waals surface area (Å²) in [5.74, 6) is 6.68. The van der Waals surface area contributed by atoms with Crippen LogP contribution in [0.4, 0.5) is 0 Å². The number of likely N-dealkylation sites (N-methyl/N-ethyl adjacent to an activating group) is 1. The summed E-state index contributed by atoms with van der Waals surface area (Å²) in [5, 5.41) is 0. The van der Waals surface area contributed by atoms with E-state index in [4.69, 9.17) is 9.47 Å². The molecule has 0 aliphatic carbocycles. The number of nitrogens with zero attached hydrogens (tertiary/aromatic N) is 2. The van der Waals surface area contributed by atoms with Gasteiger partial charge in [0.05, 0.1) is 6.20 Å². The van der Waals surface area contributed by atoms with Crippen molar-refractivity contribution >= 4 is 0 Å². The molecule has 0 amide bonds. The van der Waals surface area contributed by atoms with Gasteiger partial charge >= 0.3 is 0 Å². The van der Waals surface area contributed by atoms with Gasteiger partial charge in [-0.2, -0.15) is 0 Å². The molecule has 1 fully saturated rings. The van der Waals surface area contributed by atoms with Gasteiger partial charge in [0.15, 0.2) is 0 Å². The second-order valence-corrected chi connectivity index (χ2v) is 4.73. The first-order valence-corrected chi connectivity index (χ1v) is 6.55. The lowest BCUT2D eigenvalue weighted by atomic mass is 10.2. The number of methoxy groups -OCH3 is 1. The van der Waals surface area contributed by atoms with Crippen LogP contribution in [-0.4, -0.2) is 49.8 Å². The summed E-state index contributed by atoms with van der Waals surface area (Å²) in [5.41, 5.74) is 0.856. The van der Waals surface area contributed by atoms with E-state index in [1.54, 1.807) is 19.5 Å². The molecular weight excluding hydrogens is 240 g/mol. The molecule has 1 aliphatic rings. The fourth-order valence-corrected chi connectivity index (χ4v) is 2.16. The van der Waals surface area contributed by atoms with Crippen LogP contribution in [0.2, 0.25) is 0 Å². The maximum atomic E-state index is 5.80. The summed E-state index contributed by atoms with van der Waals surface area (Å²) in [6.45, 7) is 2.31. The molecule has 0 bridgehead atoms. The van der Waals surface area contributed by atoms with E-state index in [1.807, 2.05) is 6.07 Å². The number of likely N-dealkylation sites (tertiary alicyclic amines) is 1. The van der Waals surface area contributed by atoms with Crippen molar-refractivity contribution < 1.29 is 9.47 Å². The van der Waals surface area contributed by atoms with Crippen LogP contribution in [0.3, 0.4) is 0 Å². The molecule has 1 aliphatic heterocycles. The van der Waals surface area contributed by atoms with Gasteiger partial charge in [-0.05, 0) is 32.5 Å². The fourth-order valence-electron chi connectivity index (χ4n) is 2.16. The number of pyridine rings is 1. The zero-order valence-electron chi connectivity index (χ0n) is 11.6. The summed E-state index contributed by atoms with van der Waals surface area (Å²) >= 11 is 0. The van der Waals surface area contributed by atoms with Crippen LogP contribution < -0.4 is 4.74 Å². The van der Waals surface area contributed by atoms with Crippen molar-refractivity contribution in [3.05, 3.63) is 24.0 Å². The molecule has 1 atom stereocenters. The van der Waals surface area contributed by atoms with E-state index in [2.05, 4.69) is 28.8 Å². The normalized spacial score (nSPS) is 18.9. The molecule has 4 heteroatoms. The Morgan fingerprint density at radius 1 is 1.47 bits per heavy atom. The van der Waals surface area contributed by atoms with Gasteiger partial charge in [0.1, 0.15) is 19.0 Å². The number of hydrogen-bond donors (Lipinski definition) is 0. The first-order valence-electron chi connectivity index (χ1n) is 6.55. The summed E-state index contributed by atoms with van der Waals surface area (Å²) in [6, 6.07) is 2.44. The lowest BCUT2D eigenvalue weighted by Crippen LogP contribution is -2.30. The van der Waals surface area contributed by atoms with Gasteiger partial charge < -0.3 is 14.4 Å². The second-order valence-electron chi connectivity index (χ2n) is 4.73. The third-order valence-corrected chi connectivity index (χ3v) is 3.28. The van der Waals surface area contributed by atoms with Crippen LogP contribution in [0.1, 0.15) is 18.4 Å². The first-order chi connectivity index (χ1) is 9.29. The third kappa shape index (κ3) is 4.23. The molecule has 4 nitrogen and oxygen atoms in total. The van der Waals surface area contributed by atoms with Gasteiger partial charge in [0, 0.05) is 24.9 Å². The highest BCUT2D eigenvalue weighted by molar-refractivity contribution is 5.36. The smallest absolute Gasteiger partial charge is 0.138 e. The third-order valence-electron chi connectivity index (χ3n) is 3.28. The Morgan fingerprint density at radius 2 is 2.37 bits per heavy atom. The number of rotatable bonds is 4. The molecule has 2 heterocycles. The predicted molar refractivity (Wildman–Crippen MR) is 74.1 cm³/mol. The molecular formula is C15H20N2O2. The van der Waals surface area contributed by atoms with Gasteiger partial charge in [-0.1, -0.05) is 11.8 Å². The standard InChI is InChI=1S/C15H20N2O2/c1-17-7-3-6-14(17)12-19-15-9-13(10-16-11-15)5-4-8-18-2/h9-11,14H,3,6-8,12H2,1-2H3/t14-/m0/s1. The molecule has 0 saturated carbocycles. The molecule has 1 aromatic heterocycles. The number of hydrogen-bond acceptors (Lipinski definition) is 4. The highest BCUT2D eigenvalue weighted by Crippen LogP contribution is 2.17. The highest BCUT2D eigenvalue weighted by Gasteiger charge is 2.21. The fraction of sp³-hybridized carbons (Fsp3) is 0.533. The van der Waals surface area contributed by atoms with E-state index in [0.29, 0.717) is 19.3 Å². The van der Waals surface area contributed by atoms with Crippen molar-refractivity contribution in [3.63, 3.8) is 0 Å². The van der Waals surface area contributed by atoms with Crippen molar-refractivity contribution in [2.75, 3.05) is 33.9 Å². The average molecular weight is 260 g/mol. The summed E-state index contributed by atoms with van der Waals surface area (Å²) in [4.78, 5) is 6.49. The molecule has 0 N–H and O–H groups in total. The summed E-state index contributed by atoms with van der Waals surface area (Å²) < 4.78 is 10.7. The van der Waals surface area contributed by atoms with E-state index in [9.17, 15) is 0 Å². The van der Waals surface area contributed by atoms with Gasteiger partial charge in [-0.25, -0.2) is 0 Å². The van der Waals surface area contributed by atoms with Gasteiger partial charge in [0.2, 0.25) is 0 Å². The maximum Gasteiger partial charge on any atom is 0.138 e. The van der Waals surface area contributed by atoms with Crippen LogP contribution in [0.15, 0.2) is 18.5 Å². The zero-order chi connectivity index (χ0) is 13.5. The lowest BCUT2D eigenvalue weighted by Gasteiger charge is -2.19. The Balaban J connectivity index is 1.90. The van der Waals surface area contributed by atoms with Crippen molar-refractivity contribution in [2.45, 2.75) is 18.9 Å². The molecule has 2 rings (SSSR count). The molecule has 1 aromatic rings. The van der Waals surface area contributed by atoms with Gasteiger partial charge in [-0.15, -0.1) is 0 Å². The van der Waals surface area contributed by atoms with Crippen molar-refractivity contribution in [1.82, 2.24) is 9.88 Å². The Labute approximate surface area is 114 Å². The predicted octanol–water partition coefficient (Wildman–Crippen LogP) is 1.55. The number of aromatic nitrogens is 1. The minimum atomic E-state index is 0.429. The monoisotopic (exact) mass is 260 g/mol. The molecule has 19 heavy (non-hydrogen) atoms. The average Bonchev–Trinajstić information content (AvgIpc) is 2.83. The van der Waals surface area contributed by atoms with Crippen LogP contribution in [0.5, 0.6) is 5.75 Å². The van der Waals surface area contributed by atoms with Crippen molar-refractivity contribution in [3.8, 4) is 17.6 Å². The topological polar surface area (TPSA) is 34.6 Å². The SMILES string of the molecule is COCC#Cc1cncc(OC[C@@H]2CCCN2C)c1. The Morgan fingerprint density at radius 3 is 3.11 bits per heavy atom. The van der Waals surface area contributed by atoms with Crippen LogP contribution in [0, 0.1) is 11.8 Å². The Hall–Kier alpha value is -1.57. The number of ether oxygens (including phenoxy) is 2. The van der Waals surface area contributed by atoms with E-state index in [-0.39, 0.29) is 0 Å². The molecule has 102 valence electrons. The Kier molecular flexibility index (Phi) is 5.20. The van der Waals surface area contributed by atoms with Gasteiger partial charge in [0.25, 0.3) is 0 Å². The quantitative estimate of drug-likeness (QED) is 0.769. The highest BCUT2D eigenvalue weighted by atomic mass is 16.5. The molecule has 1 saturated heterocycles. The molecule has 0 unspecified atom stereocenters. The minimum Gasteiger partial charge on any atom is -0.490 e. The maximum absolute atomic E-state index is 5.80. The van der Waals surface area contributed by atoms with Crippen molar-refractivity contribution in [2.24, 2.45) is 0 Å². The molecule has 0 aromatic carbocycles. The Bertz CT molecular complexity index is 465. The van der Waals surface area contributed by atoms with Crippen LogP contribution >= 0.6 is 0 Å². The van der Waals surface area contributed by atoms with E-state index in [0.717, 1.165) is 17.9 Å². The summed E-state index contributed by atoms with van der Waals surface area (Å²) in [7, 11) is 3.77. The second kappa shape index (κ2) is 7.13. The van der Waals surface area contributed by atoms with E-state index in [1.165, 1.54) is 12.8 Å². The first kappa shape index (κ1) is 13.9. The van der Waals surface area contributed by atoms with Gasteiger partial charge in [-0.3, -0.25) is 4.98 Å². The zero-order valence-corrected chi connectivity index (χ0v) is 11.6. The molecule has 0 spiro atoms. The van der Waals surface area contributed by atoms with Crippen molar-refractivity contribution in [1.29, 1.82) is 0 Å². The summed E-state index contributed by atoms with van der Waals surface area (Å²) in [6.07, 6.45) is 5.93. The van der Waals surface area contributed by atoms with Crippen LogP contribution in [0.25, 0.3) is 0 Å². The van der Waals surface area contributed by atoms with Crippen LogP contribution in [-0.2, 0) is 4.74 Å². The largest absolute Gasteiger partial charge is 0.490 e. The minimum absolute atomic E-state index is 0.429. The lowest BCUT2D eigenvalue weighted by molar-refractivity contribution is 0.198. The van der Waals surface area contributed by atoms with E-state index < -0.39 is 0 Å². The molecule has 0 radical (unpaired) electrons. The van der Waals surface area contributed by atoms with E-state index >= 15 is 0 Å².